The minimum atomic E-state index is -0.738. The molecule has 1 amide bonds. The number of carbonyl (C=O) groups excluding carboxylic acids is 1. The molecular weight excluding hydrogens is 392 g/mol. The first kappa shape index (κ1) is 19.8. The number of ether oxygens (including phenoxy) is 1. The van der Waals surface area contributed by atoms with E-state index in [4.69, 9.17) is 9.57 Å². The predicted octanol–water partition coefficient (Wildman–Crippen LogP) is 4.24. The Hall–Kier alpha value is -3.09. The smallest absolute Gasteiger partial charge is 0.275 e. The Bertz CT molecular complexity index is 1060. The quantitative estimate of drug-likeness (QED) is 0.745. The van der Waals surface area contributed by atoms with Gasteiger partial charge in [0.15, 0.2) is 5.84 Å². The maximum Gasteiger partial charge on any atom is 0.275 e. The zero-order valence-electron chi connectivity index (χ0n) is 18.1. The SMILES string of the molecule is COc1cc(C=C2CCCN3C(=O)C4(CCCCC4)ON=C23)ccc1-n1cnc(C)c1. The van der Waals surface area contributed by atoms with Crippen LogP contribution in [0.4, 0.5) is 0 Å². The van der Waals surface area contributed by atoms with Gasteiger partial charge in [-0.05, 0) is 74.8 Å². The van der Waals surface area contributed by atoms with Crippen LogP contribution in [0.5, 0.6) is 5.75 Å². The highest BCUT2D eigenvalue weighted by Crippen LogP contribution is 2.38. The van der Waals surface area contributed by atoms with E-state index in [9.17, 15) is 4.79 Å². The van der Waals surface area contributed by atoms with Crippen molar-refractivity contribution < 1.29 is 14.4 Å². The van der Waals surface area contributed by atoms with Crippen LogP contribution in [0.15, 0.2) is 41.5 Å². The fraction of sp³-hybridized carbons (Fsp3) is 0.458. The standard InChI is InChI=1S/C24H28N4O3/c1-17-15-27(16-25-17)20-9-8-18(14-21(20)30-2)13-19-7-6-12-28-22(19)26-31-24(23(28)29)10-4-3-5-11-24/h8-9,13-16H,3-7,10-12H2,1-2H3. The first-order valence-corrected chi connectivity index (χ1v) is 11.1. The molecule has 1 aliphatic carbocycles. The molecule has 1 aromatic carbocycles. The van der Waals surface area contributed by atoms with Crippen molar-refractivity contribution in [3.63, 3.8) is 0 Å². The molecule has 0 unspecified atom stereocenters. The van der Waals surface area contributed by atoms with Crippen LogP contribution >= 0.6 is 0 Å². The number of rotatable bonds is 3. The lowest BCUT2D eigenvalue weighted by atomic mass is 9.82. The molecule has 1 spiro atoms. The summed E-state index contributed by atoms with van der Waals surface area (Å²) in [5, 5.41) is 4.48. The van der Waals surface area contributed by atoms with Crippen molar-refractivity contribution >= 4 is 17.8 Å². The predicted molar refractivity (Wildman–Crippen MR) is 118 cm³/mol. The van der Waals surface area contributed by atoms with Gasteiger partial charge in [-0.15, -0.1) is 0 Å². The fourth-order valence-corrected chi connectivity index (χ4v) is 4.86. The molecule has 0 atom stereocenters. The zero-order valence-corrected chi connectivity index (χ0v) is 18.1. The summed E-state index contributed by atoms with van der Waals surface area (Å²) < 4.78 is 7.59. The summed E-state index contributed by atoms with van der Waals surface area (Å²) in [6.45, 7) is 2.67. The van der Waals surface area contributed by atoms with Crippen LogP contribution in [0.2, 0.25) is 0 Å². The molecule has 2 aromatic rings. The molecule has 0 radical (unpaired) electrons. The second-order valence-corrected chi connectivity index (χ2v) is 8.64. The number of fused-ring (bicyclic) bond motifs is 1. The number of hydrogen-bond donors (Lipinski definition) is 0. The molecule has 1 saturated carbocycles. The minimum absolute atomic E-state index is 0.0891. The van der Waals surface area contributed by atoms with Gasteiger partial charge in [-0.25, -0.2) is 4.98 Å². The molecule has 7 heteroatoms. The monoisotopic (exact) mass is 420 g/mol. The Morgan fingerprint density at radius 2 is 2.03 bits per heavy atom. The van der Waals surface area contributed by atoms with Crippen LogP contribution in [0.1, 0.15) is 56.2 Å². The first-order valence-electron chi connectivity index (χ1n) is 11.1. The van der Waals surface area contributed by atoms with Crippen molar-refractivity contribution in [1.82, 2.24) is 14.5 Å². The second-order valence-electron chi connectivity index (χ2n) is 8.64. The summed E-state index contributed by atoms with van der Waals surface area (Å²) in [7, 11) is 1.67. The van der Waals surface area contributed by atoms with Crippen molar-refractivity contribution in [3.8, 4) is 11.4 Å². The van der Waals surface area contributed by atoms with E-state index in [-0.39, 0.29) is 5.91 Å². The van der Waals surface area contributed by atoms with Crippen LogP contribution in [0.3, 0.4) is 0 Å². The van der Waals surface area contributed by atoms with Gasteiger partial charge < -0.3 is 14.1 Å². The number of imidazole rings is 1. The lowest BCUT2D eigenvalue weighted by molar-refractivity contribution is -0.165. The zero-order chi connectivity index (χ0) is 21.4. The number of aromatic nitrogens is 2. The van der Waals surface area contributed by atoms with E-state index < -0.39 is 5.60 Å². The van der Waals surface area contributed by atoms with Crippen LogP contribution < -0.4 is 4.74 Å². The number of benzene rings is 1. The van der Waals surface area contributed by atoms with Gasteiger partial charge in [0.2, 0.25) is 5.60 Å². The molecular formula is C24H28N4O3. The average molecular weight is 421 g/mol. The Balaban J connectivity index is 1.46. The highest BCUT2D eigenvalue weighted by molar-refractivity contribution is 6.13. The number of methoxy groups -OCH3 is 1. The minimum Gasteiger partial charge on any atom is -0.495 e. The Morgan fingerprint density at radius 3 is 2.77 bits per heavy atom. The van der Waals surface area contributed by atoms with Gasteiger partial charge in [0.25, 0.3) is 5.91 Å². The van der Waals surface area contributed by atoms with Crippen LogP contribution in [0.25, 0.3) is 11.8 Å². The highest BCUT2D eigenvalue weighted by atomic mass is 16.7. The van der Waals surface area contributed by atoms with Gasteiger partial charge in [-0.2, -0.15) is 0 Å². The second kappa shape index (κ2) is 7.87. The van der Waals surface area contributed by atoms with Gasteiger partial charge in [0.05, 0.1) is 24.8 Å². The van der Waals surface area contributed by atoms with E-state index in [1.54, 1.807) is 13.4 Å². The summed E-state index contributed by atoms with van der Waals surface area (Å²) in [5.74, 6) is 1.52. The Morgan fingerprint density at radius 1 is 1.19 bits per heavy atom. The maximum absolute atomic E-state index is 13.3. The van der Waals surface area contributed by atoms with Gasteiger partial charge in [-0.3, -0.25) is 9.69 Å². The lowest BCUT2D eigenvalue weighted by Gasteiger charge is -2.43. The number of carbonyl (C=O) groups is 1. The van der Waals surface area contributed by atoms with Crippen molar-refractivity contribution in [2.45, 2.75) is 57.5 Å². The lowest BCUT2D eigenvalue weighted by Crippen LogP contribution is -2.58. The summed E-state index contributed by atoms with van der Waals surface area (Å²) in [6.07, 6.45) is 12.4. The highest BCUT2D eigenvalue weighted by Gasteiger charge is 2.49. The van der Waals surface area contributed by atoms with E-state index in [0.29, 0.717) is 12.4 Å². The maximum atomic E-state index is 13.3. The van der Waals surface area contributed by atoms with Gasteiger partial charge >= 0.3 is 0 Å². The van der Waals surface area contributed by atoms with Crippen molar-refractivity contribution in [2.75, 3.05) is 13.7 Å². The van der Waals surface area contributed by atoms with Crippen molar-refractivity contribution in [3.05, 3.63) is 47.6 Å². The van der Waals surface area contributed by atoms with Crippen LogP contribution in [0, 0.1) is 6.92 Å². The molecule has 0 N–H and O–H groups in total. The van der Waals surface area contributed by atoms with Gasteiger partial charge in [0, 0.05) is 12.7 Å². The van der Waals surface area contributed by atoms with E-state index in [0.717, 1.165) is 73.2 Å². The molecule has 1 aromatic heterocycles. The number of amides is 1. The molecule has 0 bridgehead atoms. The average Bonchev–Trinajstić information content (AvgIpc) is 3.23. The van der Waals surface area contributed by atoms with Crippen molar-refractivity contribution in [2.24, 2.45) is 5.16 Å². The summed E-state index contributed by atoms with van der Waals surface area (Å²) in [5.41, 5.74) is 3.17. The molecule has 5 rings (SSSR count). The largest absolute Gasteiger partial charge is 0.495 e. The molecule has 2 aliphatic heterocycles. The van der Waals surface area contributed by atoms with E-state index in [2.05, 4.69) is 16.2 Å². The Labute approximate surface area is 182 Å². The van der Waals surface area contributed by atoms with Crippen LogP contribution in [-0.2, 0) is 9.63 Å². The molecule has 31 heavy (non-hydrogen) atoms. The molecule has 3 aliphatic rings. The summed E-state index contributed by atoms with van der Waals surface area (Å²) in [4.78, 5) is 25.4. The summed E-state index contributed by atoms with van der Waals surface area (Å²) >= 11 is 0. The molecule has 162 valence electrons. The molecule has 7 nitrogen and oxygen atoms in total. The third kappa shape index (κ3) is 3.52. The Kier molecular flexibility index (Phi) is 5.04. The molecule has 2 fully saturated rings. The third-order valence-electron chi connectivity index (χ3n) is 6.51. The first-order chi connectivity index (χ1) is 15.1. The van der Waals surface area contributed by atoms with Crippen molar-refractivity contribution in [1.29, 1.82) is 0 Å². The van der Waals surface area contributed by atoms with Crippen LogP contribution in [-0.4, -0.2) is 45.4 Å². The third-order valence-corrected chi connectivity index (χ3v) is 6.51. The number of nitrogens with zero attached hydrogens (tertiary/aromatic N) is 4. The van der Waals surface area contributed by atoms with Gasteiger partial charge in [0.1, 0.15) is 5.75 Å². The van der Waals surface area contributed by atoms with Gasteiger partial charge in [-0.1, -0.05) is 17.6 Å². The van der Waals surface area contributed by atoms with E-state index in [1.807, 2.05) is 40.8 Å². The van der Waals surface area contributed by atoms with E-state index in [1.165, 1.54) is 0 Å². The number of aryl methyl sites for hydroxylation is 1. The topological polar surface area (TPSA) is 68.9 Å². The number of oxime groups is 1. The molecule has 3 heterocycles. The number of piperidine rings is 1. The number of amidine groups is 1. The summed E-state index contributed by atoms with van der Waals surface area (Å²) in [6, 6.07) is 6.08. The molecule has 1 saturated heterocycles. The van der Waals surface area contributed by atoms with E-state index >= 15 is 0 Å². The number of hydrogen-bond acceptors (Lipinski definition) is 5. The normalized spacial score (nSPS) is 21.6. The fourth-order valence-electron chi connectivity index (χ4n) is 4.86.